The molecule has 0 aliphatic heterocycles. The van der Waals surface area contributed by atoms with Gasteiger partial charge in [0.15, 0.2) is 10.7 Å². The minimum atomic E-state index is -3.80. The Morgan fingerprint density at radius 3 is 2.38 bits per heavy atom. The number of aromatic nitrogens is 3. The summed E-state index contributed by atoms with van der Waals surface area (Å²) in [6.45, 7) is 9.44. The van der Waals surface area contributed by atoms with Gasteiger partial charge < -0.3 is 4.52 Å². The van der Waals surface area contributed by atoms with Crippen LogP contribution < -0.4 is 4.72 Å². The van der Waals surface area contributed by atoms with Crippen LogP contribution in [0.1, 0.15) is 34.0 Å². The van der Waals surface area contributed by atoms with Crippen LogP contribution in [-0.2, 0) is 16.6 Å². The van der Waals surface area contributed by atoms with Gasteiger partial charge in [-0.05, 0) is 45.7 Å². The normalized spacial score (nSPS) is 11.7. The number of rotatable bonds is 5. The molecular formula is C18H22N4O3S. The molecule has 8 heteroatoms. The Kier molecular flexibility index (Phi) is 4.62. The lowest BCUT2D eigenvalue weighted by Crippen LogP contribution is -2.15. The van der Waals surface area contributed by atoms with E-state index in [1.54, 1.807) is 20.8 Å². The first-order valence-electron chi connectivity index (χ1n) is 8.25. The molecule has 0 amide bonds. The molecule has 3 rings (SSSR count). The lowest BCUT2D eigenvalue weighted by Gasteiger charge is -2.10. The Morgan fingerprint density at radius 1 is 1.08 bits per heavy atom. The average Bonchev–Trinajstić information content (AvgIpc) is 3.04. The van der Waals surface area contributed by atoms with Crippen molar-refractivity contribution in [2.75, 3.05) is 4.72 Å². The number of benzene rings is 1. The Balaban J connectivity index is 1.95. The van der Waals surface area contributed by atoms with Crippen molar-refractivity contribution in [3.05, 3.63) is 58.2 Å². The number of hydrogen-bond donors (Lipinski definition) is 1. The van der Waals surface area contributed by atoms with E-state index < -0.39 is 10.0 Å². The molecule has 0 unspecified atom stereocenters. The number of nitrogens with zero attached hydrogens (tertiary/aromatic N) is 3. The molecule has 1 aromatic carbocycles. The highest BCUT2D eigenvalue weighted by atomic mass is 32.2. The van der Waals surface area contributed by atoms with E-state index in [2.05, 4.69) is 15.0 Å². The van der Waals surface area contributed by atoms with Gasteiger partial charge in [0.1, 0.15) is 5.69 Å². The minimum Gasteiger partial charge on any atom is -0.360 e. The minimum absolute atomic E-state index is 0.0722. The first kappa shape index (κ1) is 18.2. The van der Waals surface area contributed by atoms with Gasteiger partial charge in [-0.2, -0.15) is 5.10 Å². The molecule has 0 saturated carbocycles. The standard InChI is InChI=1S/C18H22N4O3S/c1-11-8-6-7-9-16(11)10-22-14(4)17(12(2)19-22)21-26(23,24)18-13(3)20-25-15(18)5/h6-9,21H,10H2,1-5H3. The second-order valence-corrected chi connectivity index (χ2v) is 8.01. The maximum absolute atomic E-state index is 12.8. The summed E-state index contributed by atoms with van der Waals surface area (Å²) >= 11 is 0. The number of hydrogen-bond acceptors (Lipinski definition) is 5. The molecule has 7 nitrogen and oxygen atoms in total. The summed E-state index contributed by atoms with van der Waals surface area (Å²) < 4.78 is 35.0. The predicted octanol–water partition coefficient (Wildman–Crippen LogP) is 3.26. The lowest BCUT2D eigenvalue weighted by atomic mass is 10.1. The van der Waals surface area contributed by atoms with E-state index in [0.29, 0.717) is 23.6 Å². The molecule has 26 heavy (non-hydrogen) atoms. The summed E-state index contributed by atoms with van der Waals surface area (Å²) in [5, 5.41) is 8.23. The topological polar surface area (TPSA) is 90.0 Å². The third-order valence-corrected chi connectivity index (χ3v) is 6.03. The van der Waals surface area contributed by atoms with Crippen molar-refractivity contribution in [2.24, 2.45) is 0 Å². The third kappa shape index (κ3) is 3.24. The number of nitrogens with one attached hydrogen (secondary N) is 1. The summed E-state index contributed by atoms with van der Waals surface area (Å²) in [6.07, 6.45) is 0. The zero-order valence-electron chi connectivity index (χ0n) is 15.5. The first-order valence-corrected chi connectivity index (χ1v) is 9.73. The van der Waals surface area contributed by atoms with Crippen molar-refractivity contribution in [1.82, 2.24) is 14.9 Å². The largest absolute Gasteiger partial charge is 0.360 e. The van der Waals surface area contributed by atoms with E-state index in [9.17, 15) is 8.42 Å². The lowest BCUT2D eigenvalue weighted by molar-refractivity contribution is 0.390. The predicted molar refractivity (Wildman–Crippen MR) is 98.8 cm³/mol. The zero-order valence-corrected chi connectivity index (χ0v) is 16.3. The quantitative estimate of drug-likeness (QED) is 0.740. The molecule has 0 bridgehead atoms. The summed E-state index contributed by atoms with van der Waals surface area (Å²) in [7, 11) is -3.80. The van der Waals surface area contributed by atoms with Crippen LogP contribution in [0.4, 0.5) is 5.69 Å². The Hall–Kier alpha value is -2.61. The van der Waals surface area contributed by atoms with Gasteiger partial charge in [-0.1, -0.05) is 29.4 Å². The van der Waals surface area contributed by atoms with E-state index in [-0.39, 0.29) is 10.7 Å². The van der Waals surface area contributed by atoms with Crippen LogP contribution in [-0.4, -0.2) is 23.4 Å². The van der Waals surface area contributed by atoms with Crippen LogP contribution in [0.25, 0.3) is 0 Å². The average molecular weight is 374 g/mol. The smallest absolute Gasteiger partial charge is 0.267 e. The van der Waals surface area contributed by atoms with Gasteiger partial charge in [-0.25, -0.2) is 8.42 Å². The van der Waals surface area contributed by atoms with Crippen LogP contribution in [0.15, 0.2) is 33.7 Å². The summed E-state index contributed by atoms with van der Waals surface area (Å²) in [5.41, 5.74) is 4.49. The Labute approximate surface area is 153 Å². The maximum atomic E-state index is 12.8. The molecule has 3 aromatic rings. The van der Waals surface area contributed by atoms with Gasteiger partial charge in [-0.15, -0.1) is 0 Å². The van der Waals surface area contributed by atoms with E-state index >= 15 is 0 Å². The Bertz CT molecular complexity index is 1040. The molecular weight excluding hydrogens is 352 g/mol. The monoisotopic (exact) mass is 374 g/mol. The van der Waals surface area contributed by atoms with Gasteiger partial charge in [0.2, 0.25) is 0 Å². The molecule has 0 atom stereocenters. The molecule has 2 heterocycles. The molecule has 0 saturated heterocycles. The SMILES string of the molecule is Cc1ccccc1Cn1nc(C)c(NS(=O)(=O)c2c(C)noc2C)c1C. The van der Waals surface area contributed by atoms with Crippen LogP contribution in [0.3, 0.4) is 0 Å². The molecule has 1 N–H and O–H groups in total. The maximum Gasteiger partial charge on any atom is 0.267 e. The summed E-state index contributed by atoms with van der Waals surface area (Å²) in [6, 6.07) is 8.06. The molecule has 138 valence electrons. The third-order valence-electron chi connectivity index (χ3n) is 4.44. The van der Waals surface area contributed by atoms with E-state index in [1.165, 1.54) is 0 Å². The highest BCUT2D eigenvalue weighted by Crippen LogP contribution is 2.27. The van der Waals surface area contributed by atoms with Crippen molar-refractivity contribution >= 4 is 15.7 Å². The van der Waals surface area contributed by atoms with Gasteiger partial charge in [0.25, 0.3) is 10.0 Å². The molecule has 0 aliphatic rings. The van der Waals surface area contributed by atoms with E-state index in [1.807, 2.05) is 42.8 Å². The first-order chi connectivity index (χ1) is 12.2. The van der Waals surface area contributed by atoms with E-state index in [0.717, 1.165) is 16.8 Å². The summed E-state index contributed by atoms with van der Waals surface area (Å²) in [4.78, 5) is 0.0722. The van der Waals surface area contributed by atoms with Gasteiger partial charge in [-0.3, -0.25) is 9.40 Å². The molecule has 0 fully saturated rings. The number of sulfonamides is 1. The van der Waals surface area contributed by atoms with Crippen LogP contribution in [0.5, 0.6) is 0 Å². The van der Waals surface area contributed by atoms with Gasteiger partial charge in [0, 0.05) is 0 Å². The van der Waals surface area contributed by atoms with Crippen molar-refractivity contribution in [3.63, 3.8) is 0 Å². The summed E-state index contributed by atoms with van der Waals surface area (Å²) in [5.74, 6) is 0.262. The molecule has 2 aromatic heterocycles. The fourth-order valence-corrected chi connectivity index (χ4v) is 4.50. The van der Waals surface area contributed by atoms with Crippen molar-refractivity contribution < 1.29 is 12.9 Å². The zero-order chi connectivity index (χ0) is 19.1. The van der Waals surface area contributed by atoms with Gasteiger partial charge in [0.05, 0.1) is 23.6 Å². The second kappa shape index (κ2) is 6.60. The second-order valence-electron chi connectivity index (χ2n) is 6.39. The highest BCUT2D eigenvalue weighted by molar-refractivity contribution is 7.92. The van der Waals surface area contributed by atoms with E-state index in [4.69, 9.17) is 4.52 Å². The van der Waals surface area contributed by atoms with Crippen LogP contribution in [0.2, 0.25) is 0 Å². The Morgan fingerprint density at radius 2 is 1.77 bits per heavy atom. The van der Waals surface area contributed by atoms with Gasteiger partial charge >= 0.3 is 0 Å². The van der Waals surface area contributed by atoms with Crippen LogP contribution >= 0.6 is 0 Å². The molecule has 0 spiro atoms. The number of aryl methyl sites for hydroxylation is 4. The van der Waals surface area contributed by atoms with Crippen molar-refractivity contribution in [3.8, 4) is 0 Å². The van der Waals surface area contributed by atoms with Crippen LogP contribution in [0, 0.1) is 34.6 Å². The van der Waals surface area contributed by atoms with Crippen molar-refractivity contribution in [2.45, 2.75) is 46.1 Å². The highest BCUT2D eigenvalue weighted by Gasteiger charge is 2.26. The van der Waals surface area contributed by atoms with Crippen molar-refractivity contribution in [1.29, 1.82) is 0 Å². The number of anilines is 1. The fraction of sp³-hybridized carbons (Fsp3) is 0.333. The molecule has 0 aliphatic carbocycles. The molecule has 0 radical (unpaired) electrons. The fourth-order valence-electron chi connectivity index (χ4n) is 2.99.